The number of ether oxygens (including phenoxy) is 2. The van der Waals surface area contributed by atoms with Crippen molar-refractivity contribution in [2.24, 2.45) is 5.73 Å². The molecular weight excluding hydrogens is 472 g/mol. The molecule has 0 radical (unpaired) electrons. The number of H-pyrrole nitrogens is 1. The number of rotatable bonds is 10. The summed E-state index contributed by atoms with van der Waals surface area (Å²) >= 11 is 6.11. The maximum absolute atomic E-state index is 11.0. The smallest absolute Gasteiger partial charge is 0.246 e. The predicted octanol–water partition coefficient (Wildman–Crippen LogP) is 3.11. The normalized spacial score (nSPS) is 15.1. The molecule has 0 aromatic carbocycles. The number of halogens is 1. The molecule has 0 aliphatic carbocycles. The van der Waals surface area contributed by atoms with Gasteiger partial charge in [0.05, 0.1) is 35.5 Å². The summed E-state index contributed by atoms with van der Waals surface area (Å²) in [4.78, 5) is 24.5. The van der Waals surface area contributed by atoms with Crippen LogP contribution >= 0.6 is 11.6 Å². The summed E-state index contributed by atoms with van der Waals surface area (Å²) in [7, 11) is 3.22. The largest absolute Gasteiger partial charge is 0.480 e. The fourth-order valence-electron chi connectivity index (χ4n) is 3.69. The molecule has 1 atom stereocenters. The van der Waals surface area contributed by atoms with Crippen LogP contribution in [0.15, 0.2) is 31.2 Å². The highest BCUT2D eigenvalue weighted by molar-refractivity contribution is 6.35. The van der Waals surface area contributed by atoms with Gasteiger partial charge in [0.25, 0.3) is 0 Å². The van der Waals surface area contributed by atoms with Gasteiger partial charge in [0.2, 0.25) is 17.7 Å². The lowest BCUT2D eigenvalue weighted by Crippen LogP contribution is -2.27. The first kappa shape index (κ1) is 26.5. The zero-order chi connectivity index (χ0) is 25.2. The Labute approximate surface area is 209 Å². The number of unbranched alkanes of at least 4 members (excludes halogenated alkanes) is 2. The van der Waals surface area contributed by atoms with E-state index in [0.29, 0.717) is 34.4 Å². The summed E-state index contributed by atoms with van der Waals surface area (Å²) in [6.07, 6.45) is 11.0. The number of hydrogen-bond donors (Lipinski definition) is 3. The predicted molar refractivity (Wildman–Crippen MR) is 136 cm³/mol. The molecule has 12 heteroatoms. The lowest BCUT2D eigenvalue weighted by molar-refractivity contribution is -0.125. The van der Waals surface area contributed by atoms with Crippen molar-refractivity contribution in [2.45, 2.75) is 38.3 Å². The van der Waals surface area contributed by atoms with Crippen LogP contribution in [-0.2, 0) is 16.1 Å². The van der Waals surface area contributed by atoms with Gasteiger partial charge in [-0.2, -0.15) is 15.1 Å². The summed E-state index contributed by atoms with van der Waals surface area (Å²) in [5.74, 6) is 0.841. The summed E-state index contributed by atoms with van der Waals surface area (Å²) in [6.45, 7) is 6.52. The molecular formula is C23H33ClN8O3. The molecule has 4 rings (SSSR count). The average Bonchev–Trinajstić information content (AvgIpc) is 3.62. The van der Waals surface area contributed by atoms with E-state index in [4.69, 9.17) is 26.8 Å². The number of aryl methyl sites for hydroxylation is 1. The van der Waals surface area contributed by atoms with Gasteiger partial charge in [0, 0.05) is 39.1 Å². The molecule has 3 aromatic rings. The quantitative estimate of drug-likeness (QED) is 0.283. The third-order valence-corrected chi connectivity index (χ3v) is 5.89. The summed E-state index contributed by atoms with van der Waals surface area (Å²) < 4.78 is 12.3. The maximum atomic E-state index is 11.0. The van der Waals surface area contributed by atoms with Crippen molar-refractivity contribution < 1.29 is 14.3 Å². The van der Waals surface area contributed by atoms with Gasteiger partial charge in [-0.1, -0.05) is 24.6 Å². The number of methoxy groups -OCH3 is 2. The van der Waals surface area contributed by atoms with E-state index in [2.05, 4.69) is 31.9 Å². The minimum atomic E-state index is 0.00421. The highest BCUT2D eigenvalue weighted by atomic mass is 35.5. The van der Waals surface area contributed by atoms with Gasteiger partial charge in [-0.3, -0.25) is 9.48 Å². The number of likely N-dealkylation sites (tertiary alicyclic amines) is 1. The molecule has 0 bridgehead atoms. The molecule has 4 N–H and O–H groups in total. The number of amides is 1. The Morgan fingerprint density at radius 3 is 2.89 bits per heavy atom. The van der Waals surface area contributed by atoms with E-state index in [0.717, 1.165) is 51.0 Å². The monoisotopic (exact) mass is 504 g/mol. The zero-order valence-electron chi connectivity index (χ0n) is 20.2. The molecule has 1 aliphatic rings. The Balaban J connectivity index is 0.000000261. The Morgan fingerprint density at radius 2 is 2.20 bits per heavy atom. The van der Waals surface area contributed by atoms with Gasteiger partial charge in [0.15, 0.2) is 0 Å². The van der Waals surface area contributed by atoms with E-state index in [1.807, 2.05) is 10.9 Å². The summed E-state index contributed by atoms with van der Waals surface area (Å²) in [6, 6.07) is 0. The first-order valence-electron chi connectivity index (χ1n) is 11.5. The number of nitrogens with one attached hydrogen (secondary N) is 2. The van der Waals surface area contributed by atoms with Crippen LogP contribution in [0.4, 0.5) is 11.6 Å². The lowest BCUT2D eigenvalue weighted by Gasteiger charge is -2.12. The summed E-state index contributed by atoms with van der Waals surface area (Å²) in [5.41, 5.74) is 6.92. The molecule has 0 saturated carbocycles. The van der Waals surface area contributed by atoms with Crippen LogP contribution in [0.5, 0.6) is 5.88 Å². The van der Waals surface area contributed by atoms with E-state index in [-0.39, 0.29) is 12.0 Å². The number of aromatic nitrogens is 5. The topological polar surface area (TPSA) is 136 Å². The third-order valence-electron chi connectivity index (χ3n) is 5.59. The summed E-state index contributed by atoms with van der Waals surface area (Å²) in [5, 5.41) is 8.65. The van der Waals surface area contributed by atoms with Crippen LogP contribution < -0.4 is 15.8 Å². The number of aromatic amines is 1. The molecule has 11 nitrogen and oxygen atoms in total. The second-order valence-electron chi connectivity index (χ2n) is 8.02. The highest BCUT2D eigenvalue weighted by Crippen LogP contribution is 2.30. The van der Waals surface area contributed by atoms with Gasteiger partial charge < -0.3 is 30.4 Å². The second-order valence-corrected chi connectivity index (χ2v) is 8.43. The van der Waals surface area contributed by atoms with E-state index >= 15 is 0 Å². The van der Waals surface area contributed by atoms with Gasteiger partial charge in [-0.05, 0) is 31.9 Å². The molecule has 1 amide bonds. The number of anilines is 2. The molecule has 190 valence electrons. The molecule has 1 aliphatic heterocycles. The van der Waals surface area contributed by atoms with E-state index in [1.165, 1.54) is 6.08 Å². The van der Waals surface area contributed by atoms with Crippen LogP contribution in [-0.4, -0.2) is 75.5 Å². The van der Waals surface area contributed by atoms with Crippen molar-refractivity contribution in [3.05, 3.63) is 36.3 Å². The number of carbonyl (C=O) groups excluding carboxylic acids is 1. The van der Waals surface area contributed by atoms with Crippen LogP contribution in [0.25, 0.3) is 11.0 Å². The first-order chi connectivity index (χ1) is 17.0. The first-order valence-corrected chi connectivity index (χ1v) is 11.9. The standard InChI is InChI=1S/C15H20ClN7O.C8H13NO2/c1-24-14-12-11(16)8-18-13(12)21-15(22-14)20-10-7-19-23(9-10)6-4-2-3-5-17;1-3-8(10)9-5-4-7(6-9)11-2/h7-9H,2-6,17H2,1H3,(H2,18,20,21,22);3,7H,1,4-6H2,2H3. The lowest BCUT2D eigenvalue weighted by atomic mass is 10.2. The van der Waals surface area contributed by atoms with Crippen molar-refractivity contribution >= 4 is 40.2 Å². The van der Waals surface area contributed by atoms with Gasteiger partial charge in [0.1, 0.15) is 5.65 Å². The Kier molecular flexibility index (Phi) is 9.88. The Bertz CT molecular complexity index is 1120. The molecule has 1 unspecified atom stereocenters. The second kappa shape index (κ2) is 13.1. The fraction of sp³-hybridized carbons (Fsp3) is 0.478. The number of carbonyl (C=O) groups is 1. The fourth-order valence-corrected chi connectivity index (χ4v) is 3.92. The van der Waals surface area contributed by atoms with Crippen molar-refractivity contribution in [3.63, 3.8) is 0 Å². The molecule has 1 fully saturated rings. The van der Waals surface area contributed by atoms with Crippen LogP contribution in [0.3, 0.4) is 0 Å². The highest BCUT2D eigenvalue weighted by Gasteiger charge is 2.24. The van der Waals surface area contributed by atoms with Gasteiger partial charge >= 0.3 is 0 Å². The Morgan fingerprint density at radius 1 is 1.37 bits per heavy atom. The van der Waals surface area contributed by atoms with Crippen molar-refractivity contribution in [1.29, 1.82) is 0 Å². The molecule has 3 aromatic heterocycles. The minimum absolute atomic E-state index is 0.00421. The van der Waals surface area contributed by atoms with E-state index in [9.17, 15) is 4.79 Å². The molecule has 1 saturated heterocycles. The number of hydrogen-bond acceptors (Lipinski definition) is 8. The van der Waals surface area contributed by atoms with Crippen molar-refractivity contribution in [3.8, 4) is 5.88 Å². The molecule has 0 spiro atoms. The van der Waals surface area contributed by atoms with E-state index < -0.39 is 0 Å². The average molecular weight is 505 g/mol. The third kappa shape index (κ3) is 7.17. The van der Waals surface area contributed by atoms with Crippen LogP contribution in [0, 0.1) is 0 Å². The number of nitrogens with two attached hydrogens (primary N) is 1. The minimum Gasteiger partial charge on any atom is -0.480 e. The number of fused-ring (bicyclic) bond motifs is 1. The zero-order valence-corrected chi connectivity index (χ0v) is 20.9. The maximum Gasteiger partial charge on any atom is 0.246 e. The van der Waals surface area contributed by atoms with E-state index in [1.54, 1.807) is 31.5 Å². The SMILES string of the molecule is C=CC(=O)N1CCC(OC)C1.COc1nc(Nc2cnn(CCCCCN)c2)nc2[nH]cc(Cl)c12. The molecule has 35 heavy (non-hydrogen) atoms. The van der Waals surface area contributed by atoms with Crippen molar-refractivity contribution in [1.82, 2.24) is 29.6 Å². The Hall–Kier alpha value is -3.15. The van der Waals surface area contributed by atoms with Crippen LogP contribution in [0.2, 0.25) is 5.02 Å². The van der Waals surface area contributed by atoms with Gasteiger partial charge in [-0.15, -0.1) is 0 Å². The number of nitrogens with zero attached hydrogens (tertiary/aromatic N) is 5. The van der Waals surface area contributed by atoms with Crippen molar-refractivity contribution in [2.75, 3.05) is 39.2 Å². The van der Waals surface area contributed by atoms with Gasteiger partial charge in [-0.25, -0.2) is 0 Å². The molecule has 4 heterocycles. The van der Waals surface area contributed by atoms with Crippen LogP contribution in [0.1, 0.15) is 25.7 Å².